The lowest BCUT2D eigenvalue weighted by atomic mass is 9.92. The summed E-state index contributed by atoms with van der Waals surface area (Å²) in [6.07, 6.45) is 0. The third-order valence-corrected chi connectivity index (χ3v) is 3.52. The van der Waals surface area contributed by atoms with Gasteiger partial charge in [0.2, 0.25) is 0 Å². The quantitative estimate of drug-likeness (QED) is 0.885. The van der Waals surface area contributed by atoms with Gasteiger partial charge in [0, 0.05) is 11.1 Å². The highest BCUT2D eigenvalue weighted by Crippen LogP contribution is 2.30. The van der Waals surface area contributed by atoms with Gasteiger partial charge in [-0.3, -0.25) is 0 Å². The lowest BCUT2D eigenvalue weighted by molar-refractivity contribution is 0.544. The molecule has 0 bridgehead atoms. The standard InChI is InChI=1S/C17H19F2N/c1-10-5-6-14(18)13(8-10)17(20-4)16-12(3)7-11(2)9-15(16)19/h5-9,17,20H,1-4H3. The molecule has 0 heterocycles. The Bertz CT molecular complexity index is 612. The van der Waals surface area contributed by atoms with E-state index in [2.05, 4.69) is 5.32 Å². The summed E-state index contributed by atoms with van der Waals surface area (Å²) >= 11 is 0. The van der Waals surface area contributed by atoms with Gasteiger partial charge in [-0.25, -0.2) is 8.78 Å². The molecule has 0 saturated carbocycles. The summed E-state index contributed by atoms with van der Waals surface area (Å²) in [5.74, 6) is -0.628. The molecule has 1 unspecified atom stereocenters. The monoisotopic (exact) mass is 275 g/mol. The Balaban J connectivity index is 2.61. The number of benzene rings is 2. The molecule has 0 aliphatic rings. The lowest BCUT2D eigenvalue weighted by Crippen LogP contribution is -2.21. The van der Waals surface area contributed by atoms with Gasteiger partial charge < -0.3 is 5.32 Å². The average Bonchev–Trinajstić information content (AvgIpc) is 2.37. The first kappa shape index (κ1) is 14.7. The van der Waals surface area contributed by atoms with E-state index in [1.165, 1.54) is 12.1 Å². The molecule has 1 atom stereocenters. The maximum absolute atomic E-state index is 14.3. The predicted octanol–water partition coefficient (Wildman–Crippen LogP) is 4.20. The Kier molecular flexibility index (Phi) is 4.19. The van der Waals surface area contributed by atoms with Gasteiger partial charge in [0.05, 0.1) is 6.04 Å². The van der Waals surface area contributed by atoms with Crippen LogP contribution in [0, 0.1) is 32.4 Å². The summed E-state index contributed by atoms with van der Waals surface area (Å²) in [6, 6.07) is 7.81. The van der Waals surface area contributed by atoms with Crippen molar-refractivity contribution in [2.75, 3.05) is 7.05 Å². The van der Waals surface area contributed by atoms with E-state index in [4.69, 9.17) is 0 Å². The van der Waals surface area contributed by atoms with Crippen LogP contribution in [-0.2, 0) is 0 Å². The molecule has 2 rings (SSSR count). The highest BCUT2D eigenvalue weighted by Gasteiger charge is 2.21. The highest BCUT2D eigenvalue weighted by molar-refractivity contribution is 5.41. The van der Waals surface area contributed by atoms with Crippen LogP contribution < -0.4 is 5.32 Å². The molecule has 2 aromatic rings. The second-order valence-electron chi connectivity index (χ2n) is 5.22. The number of aryl methyl sites for hydroxylation is 3. The highest BCUT2D eigenvalue weighted by atomic mass is 19.1. The van der Waals surface area contributed by atoms with Gasteiger partial charge in [0.25, 0.3) is 0 Å². The minimum absolute atomic E-state index is 0.303. The van der Waals surface area contributed by atoms with Gasteiger partial charge in [-0.2, -0.15) is 0 Å². The Morgan fingerprint density at radius 3 is 2.20 bits per heavy atom. The van der Waals surface area contributed by atoms with Crippen LogP contribution in [0.1, 0.15) is 33.9 Å². The van der Waals surface area contributed by atoms with Crippen molar-refractivity contribution in [1.82, 2.24) is 5.32 Å². The maximum Gasteiger partial charge on any atom is 0.128 e. The lowest BCUT2D eigenvalue weighted by Gasteiger charge is -2.21. The first-order valence-corrected chi connectivity index (χ1v) is 6.64. The summed E-state index contributed by atoms with van der Waals surface area (Å²) < 4.78 is 28.4. The molecule has 0 spiro atoms. The zero-order valence-electron chi connectivity index (χ0n) is 12.2. The zero-order chi connectivity index (χ0) is 14.9. The van der Waals surface area contributed by atoms with E-state index in [0.717, 1.165) is 16.7 Å². The van der Waals surface area contributed by atoms with Gasteiger partial charge >= 0.3 is 0 Å². The summed E-state index contributed by atoms with van der Waals surface area (Å²) in [6.45, 7) is 5.60. The molecule has 0 aromatic heterocycles. The van der Waals surface area contributed by atoms with Crippen molar-refractivity contribution < 1.29 is 8.78 Å². The van der Waals surface area contributed by atoms with E-state index in [1.54, 1.807) is 19.2 Å². The number of halogens is 2. The van der Waals surface area contributed by atoms with Crippen LogP contribution in [0.5, 0.6) is 0 Å². The first-order chi connectivity index (χ1) is 9.43. The topological polar surface area (TPSA) is 12.0 Å². The molecule has 3 heteroatoms. The minimum Gasteiger partial charge on any atom is -0.309 e. The van der Waals surface area contributed by atoms with Gasteiger partial charge in [-0.05, 0) is 51.1 Å². The van der Waals surface area contributed by atoms with Crippen molar-refractivity contribution in [3.05, 3.63) is 69.8 Å². The Morgan fingerprint density at radius 1 is 0.900 bits per heavy atom. The van der Waals surface area contributed by atoms with E-state index in [0.29, 0.717) is 11.1 Å². The first-order valence-electron chi connectivity index (χ1n) is 6.64. The van der Waals surface area contributed by atoms with Crippen molar-refractivity contribution in [1.29, 1.82) is 0 Å². The third-order valence-electron chi connectivity index (χ3n) is 3.52. The van der Waals surface area contributed by atoms with Gasteiger partial charge in [0.1, 0.15) is 11.6 Å². The van der Waals surface area contributed by atoms with Crippen LogP contribution in [0.4, 0.5) is 8.78 Å². The summed E-state index contributed by atoms with van der Waals surface area (Å²) in [4.78, 5) is 0. The van der Waals surface area contributed by atoms with Crippen LogP contribution in [0.25, 0.3) is 0 Å². The molecule has 1 nitrogen and oxygen atoms in total. The van der Waals surface area contributed by atoms with Gasteiger partial charge in [-0.15, -0.1) is 0 Å². The normalized spacial score (nSPS) is 12.5. The van der Waals surface area contributed by atoms with Crippen LogP contribution >= 0.6 is 0 Å². The molecular formula is C17H19F2N. The van der Waals surface area contributed by atoms with E-state index in [-0.39, 0.29) is 11.6 Å². The van der Waals surface area contributed by atoms with E-state index >= 15 is 0 Å². The number of hydrogen-bond donors (Lipinski definition) is 1. The predicted molar refractivity (Wildman–Crippen MR) is 77.9 cm³/mol. The van der Waals surface area contributed by atoms with Crippen molar-refractivity contribution in [3.63, 3.8) is 0 Å². The molecule has 0 amide bonds. The molecule has 2 aromatic carbocycles. The molecule has 106 valence electrons. The zero-order valence-corrected chi connectivity index (χ0v) is 12.2. The van der Waals surface area contributed by atoms with Crippen molar-refractivity contribution in [2.24, 2.45) is 0 Å². The Hall–Kier alpha value is -1.74. The minimum atomic E-state index is -0.490. The van der Waals surface area contributed by atoms with Crippen LogP contribution in [0.3, 0.4) is 0 Å². The third kappa shape index (κ3) is 2.73. The summed E-state index contributed by atoms with van der Waals surface area (Å²) in [7, 11) is 1.71. The fourth-order valence-corrected chi connectivity index (χ4v) is 2.63. The van der Waals surface area contributed by atoms with Crippen molar-refractivity contribution >= 4 is 0 Å². The van der Waals surface area contributed by atoms with E-state index in [9.17, 15) is 8.78 Å². The molecule has 0 saturated heterocycles. The molecule has 0 fully saturated rings. The fourth-order valence-electron chi connectivity index (χ4n) is 2.63. The molecule has 0 aliphatic heterocycles. The SMILES string of the molecule is CNC(c1cc(C)ccc1F)c1c(C)cc(C)cc1F. The molecule has 0 aliphatic carbocycles. The molecule has 1 N–H and O–H groups in total. The number of rotatable bonds is 3. The molecule has 20 heavy (non-hydrogen) atoms. The molecule has 0 radical (unpaired) electrons. The van der Waals surface area contributed by atoms with E-state index < -0.39 is 6.04 Å². The van der Waals surface area contributed by atoms with E-state index in [1.807, 2.05) is 26.8 Å². The van der Waals surface area contributed by atoms with Crippen LogP contribution in [0.2, 0.25) is 0 Å². The van der Waals surface area contributed by atoms with Gasteiger partial charge in [-0.1, -0.05) is 23.8 Å². The summed E-state index contributed by atoms with van der Waals surface area (Å²) in [5, 5.41) is 3.02. The summed E-state index contributed by atoms with van der Waals surface area (Å²) in [5.41, 5.74) is 3.61. The number of hydrogen-bond acceptors (Lipinski definition) is 1. The van der Waals surface area contributed by atoms with Crippen LogP contribution in [-0.4, -0.2) is 7.05 Å². The largest absolute Gasteiger partial charge is 0.309 e. The van der Waals surface area contributed by atoms with Crippen molar-refractivity contribution in [2.45, 2.75) is 26.8 Å². The maximum atomic E-state index is 14.3. The second kappa shape index (κ2) is 5.71. The smallest absolute Gasteiger partial charge is 0.128 e. The Labute approximate surface area is 118 Å². The molecular weight excluding hydrogens is 256 g/mol. The average molecular weight is 275 g/mol. The Morgan fingerprint density at radius 2 is 1.60 bits per heavy atom. The van der Waals surface area contributed by atoms with Crippen LogP contribution in [0.15, 0.2) is 30.3 Å². The fraction of sp³-hybridized carbons (Fsp3) is 0.294. The van der Waals surface area contributed by atoms with Crippen molar-refractivity contribution in [3.8, 4) is 0 Å². The second-order valence-corrected chi connectivity index (χ2v) is 5.22. The number of nitrogens with one attached hydrogen (secondary N) is 1. The van der Waals surface area contributed by atoms with Gasteiger partial charge in [0.15, 0.2) is 0 Å².